The van der Waals surface area contributed by atoms with Crippen LogP contribution in [0, 0.1) is 0 Å². The van der Waals surface area contributed by atoms with Gasteiger partial charge in [0.05, 0.1) is 33.2 Å². The zero-order chi connectivity index (χ0) is 18.0. The lowest BCUT2D eigenvalue weighted by molar-refractivity contribution is 0.102. The number of carbonyl (C=O) groups excluding carboxylic acids is 2. The Kier molecular flexibility index (Phi) is 3.17. The lowest BCUT2D eigenvalue weighted by atomic mass is 9.93. The first-order chi connectivity index (χ1) is 12.5. The molecular formula is C20H8Cl2N2O2. The van der Waals surface area contributed by atoms with Gasteiger partial charge in [0.1, 0.15) is 0 Å². The Morgan fingerprint density at radius 2 is 1.00 bits per heavy atom. The molecule has 2 aliphatic heterocycles. The van der Waals surface area contributed by atoms with Gasteiger partial charge in [0.25, 0.3) is 0 Å². The van der Waals surface area contributed by atoms with Crippen LogP contribution >= 0.6 is 23.2 Å². The Labute approximate surface area is 157 Å². The number of rotatable bonds is 0. The van der Waals surface area contributed by atoms with E-state index in [0.29, 0.717) is 54.4 Å². The van der Waals surface area contributed by atoms with Gasteiger partial charge >= 0.3 is 0 Å². The molecule has 0 saturated carbocycles. The van der Waals surface area contributed by atoms with E-state index < -0.39 is 0 Å². The summed E-state index contributed by atoms with van der Waals surface area (Å²) in [5.74, 6) is -0.361. The third-order valence-corrected chi connectivity index (χ3v) is 4.96. The highest BCUT2D eigenvalue weighted by Crippen LogP contribution is 2.29. The predicted molar refractivity (Wildman–Crippen MR) is 97.8 cm³/mol. The maximum absolute atomic E-state index is 12.9. The summed E-state index contributed by atoms with van der Waals surface area (Å²) in [5, 5.41) is 1.86. The fraction of sp³-hybridized carbons (Fsp3) is 0. The van der Waals surface area contributed by atoms with Gasteiger partial charge in [-0.05, 0) is 48.5 Å². The van der Waals surface area contributed by atoms with Gasteiger partial charge in [-0.15, -0.1) is 0 Å². The van der Waals surface area contributed by atoms with Crippen LogP contribution in [-0.4, -0.2) is 11.6 Å². The second-order valence-corrected chi connectivity index (χ2v) is 6.96. The molecule has 0 N–H and O–H groups in total. The number of carbonyl (C=O) groups is 2. The highest BCUT2D eigenvalue weighted by molar-refractivity contribution is 6.32. The monoisotopic (exact) mass is 378 g/mol. The molecule has 2 aliphatic rings. The molecule has 124 valence electrons. The zero-order valence-corrected chi connectivity index (χ0v) is 14.6. The van der Waals surface area contributed by atoms with Crippen molar-refractivity contribution in [3.63, 3.8) is 0 Å². The molecule has 0 fully saturated rings. The zero-order valence-electron chi connectivity index (χ0n) is 13.1. The van der Waals surface area contributed by atoms with Crippen molar-refractivity contribution in [1.29, 1.82) is 0 Å². The van der Waals surface area contributed by atoms with Crippen LogP contribution < -0.4 is 10.7 Å². The third-order valence-electron chi connectivity index (χ3n) is 4.49. The lowest BCUT2D eigenvalue weighted by Gasteiger charge is -2.16. The first-order valence-corrected chi connectivity index (χ1v) is 8.57. The number of fused-ring (bicyclic) bond motifs is 4. The van der Waals surface area contributed by atoms with E-state index in [1.807, 2.05) is 0 Å². The fourth-order valence-corrected chi connectivity index (χ4v) is 3.59. The van der Waals surface area contributed by atoms with Gasteiger partial charge in [0.2, 0.25) is 0 Å². The van der Waals surface area contributed by atoms with E-state index in [1.54, 1.807) is 48.5 Å². The largest absolute Gasteiger partial charge is 0.288 e. The van der Waals surface area contributed by atoms with Crippen LogP contribution in [0.5, 0.6) is 0 Å². The molecule has 3 aromatic rings. The summed E-state index contributed by atoms with van der Waals surface area (Å²) in [5.41, 5.74) is 2.78. The Morgan fingerprint density at radius 3 is 1.42 bits per heavy atom. The number of hydrogen-bond donors (Lipinski definition) is 0. The third kappa shape index (κ3) is 2.16. The number of hydrogen-bond acceptors (Lipinski definition) is 4. The molecular weight excluding hydrogens is 371 g/mol. The van der Waals surface area contributed by atoms with Gasteiger partial charge in [-0.2, -0.15) is 0 Å². The van der Waals surface area contributed by atoms with Gasteiger partial charge in [-0.25, -0.2) is 9.98 Å². The van der Waals surface area contributed by atoms with E-state index in [1.165, 1.54) is 0 Å². The average molecular weight is 379 g/mol. The van der Waals surface area contributed by atoms with E-state index >= 15 is 0 Å². The molecule has 0 bridgehead atoms. The van der Waals surface area contributed by atoms with Crippen molar-refractivity contribution in [2.75, 3.05) is 0 Å². The normalized spacial score (nSPS) is 13.8. The van der Waals surface area contributed by atoms with Crippen LogP contribution in [0.1, 0.15) is 31.8 Å². The lowest BCUT2D eigenvalue weighted by Crippen LogP contribution is -2.30. The molecule has 0 atom stereocenters. The van der Waals surface area contributed by atoms with Crippen molar-refractivity contribution in [3.8, 4) is 0 Å². The molecule has 0 radical (unpaired) electrons. The molecule has 4 nitrogen and oxygen atoms in total. The van der Waals surface area contributed by atoms with Crippen molar-refractivity contribution in [2.24, 2.45) is 9.98 Å². The van der Waals surface area contributed by atoms with Crippen molar-refractivity contribution in [1.82, 2.24) is 0 Å². The molecule has 3 aromatic carbocycles. The van der Waals surface area contributed by atoms with Gasteiger partial charge in [0, 0.05) is 21.2 Å². The highest BCUT2D eigenvalue weighted by atomic mass is 35.5. The molecule has 0 spiro atoms. The Morgan fingerprint density at radius 1 is 0.577 bits per heavy atom. The molecule has 2 heterocycles. The van der Waals surface area contributed by atoms with Crippen LogP contribution in [0.4, 0.5) is 11.4 Å². The second-order valence-electron chi connectivity index (χ2n) is 6.09. The average Bonchev–Trinajstić information content (AvgIpc) is 2.63. The van der Waals surface area contributed by atoms with Crippen LogP contribution in [0.25, 0.3) is 0 Å². The minimum atomic E-state index is -0.181. The van der Waals surface area contributed by atoms with Crippen molar-refractivity contribution in [2.45, 2.75) is 0 Å². The minimum absolute atomic E-state index is 0.181. The summed E-state index contributed by atoms with van der Waals surface area (Å²) in [6, 6.07) is 13.2. The van der Waals surface area contributed by atoms with E-state index in [0.717, 1.165) is 0 Å². The summed E-state index contributed by atoms with van der Waals surface area (Å²) in [6.45, 7) is 0. The molecule has 0 aromatic heterocycles. The Hall–Kier alpha value is -2.82. The highest BCUT2D eigenvalue weighted by Gasteiger charge is 2.26. The summed E-state index contributed by atoms with van der Waals surface area (Å²) in [7, 11) is 0. The van der Waals surface area contributed by atoms with Gasteiger partial charge < -0.3 is 0 Å². The topological polar surface area (TPSA) is 58.9 Å². The molecule has 26 heavy (non-hydrogen) atoms. The van der Waals surface area contributed by atoms with E-state index in [9.17, 15) is 9.59 Å². The Bertz CT molecular complexity index is 1190. The van der Waals surface area contributed by atoms with Crippen molar-refractivity contribution >= 4 is 46.1 Å². The van der Waals surface area contributed by atoms with E-state index in [4.69, 9.17) is 23.2 Å². The maximum atomic E-state index is 12.9. The molecule has 0 saturated heterocycles. The van der Waals surface area contributed by atoms with Crippen LogP contribution in [0.3, 0.4) is 0 Å². The SMILES string of the molecule is O=C1c2cc(Cl)ccc2N=c2cc3c(cc21)=Nc1ccc(Cl)cc1C3=O. The minimum Gasteiger partial charge on any atom is -0.288 e. The van der Waals surface area contributed by atoms with Gasteiger partial charge in [-0.3, -0.25) is 9.59 Å². The smallest absolute Gasteiger partial charge is 0.197 e. The molecule has 6 heteroatoms. The summed E-state index contributed by atoms with van der Waals surface area (Å²) in [4.78, 5) is 34.7. The first kappa shape index (κ1) is 15.4. The van der Waals surface area contributed by atoms with Crippen molar-refractivity contribution in [3.05, 3.63) is 91.5 Å². The predicted octanol–water partition coefficient (Wildman–Crippen LogP) is 3.98. The standard InChI is InChI=1S/C20H8Cl2N2O2/c21-9-1-3-15-11(5-9)19(25)13-8-18-14(7-17(13)23-15)20(26)12-6-10(22)2-4-16(12)24-18/h1-8H. The molecule has 5 rings (SSSR count). The molecule has 0 amide bonds. The van der Waals surface area contributed by atoms with Crippen LogP contribution in [-0.2, 0) is 0 Å². The quantitative estimate of drug-likeness (QED) is 0.409. The molecule has 0 unspecified atom stereocenters. The maximum Gasteiger partial charge on any atom is 0.197 e. The number of benzene rings is 3. The van der Waals surface area contributed by atoms with Crippen molar-refractivity contribution < 1.29 is 9.59 Å². The van der Waals surface area contributed by atoms with Crippen LogP contribution in [0.15, 0.2) is 58.5 Å². The number of ketones is 2. The summed E-state index contributed by atoms with van der Waals surface area (Å²) in [6.07, 6.45) is 0. The molecule has 0 aliphatic carbocycles. The first-order valence-electron chi connectivity index (χ1n) is 7.81. The van der Waals surface area contributed by atoms with Crippen LogP contribution in [0.2, 0.25) is 10.0 Å². The Balaban J connectivity index is 1.82. The van der Waals surface area contributed by atoms with Gasteiger partial charge in [0.15, 0.2) is 11.6 Å². The summed E-state index contributed by atoms with van der Waals surface area (Å²) >= 11 is 12.0. The van der Waals surface area contributed by atoms with E-state index in [2.05, 4.69) is 9.98 Å². The number of nitrogens with zero attached hydrogens (tertiary/aromatic N) is 2. The van der Waals surface area contributed by atoms with E-state index in [-0.39, 0.29) is 11.6 Å². The summed E-state index contributed by atoms with van der Waals surface area (Å²) < 4.78 is 0. The van der Waals surface area contributed by atoms with Gasteiger partial charge in [-0.1, -0.05) is 23.2 Å². The second kappa shape index (κ2) is 5.34. The number of halogens is 2. The fourth-order valence-electron chi connectivity index (χ4n) is 3.25.